The van der Waals surface area contributed by atoms with Gasteiger partial charge in [0.2, 0.25) is 0 Å². The Morgan fingerprint density at radius 3 is 2.50 bits per heavy atom. The van der Waals surface area contributed by atoms with Gasteiger partial charge in [-0.3, -0.25) is 4.90 Å². The van der Waals surface area contributed by atoms with E-state index in [0.29, 0.717) is 16.9 Å². The highest BCUT2D eigenvalue weighted by Gasteiger charge is 2.34. The summed E-state index contributed by atoms with van der Waals surface area (Å²) in [6.07, 6.45) is -2.52. The number of thioether (sulfide) groups is 1. The fourth-order valence-corrected chi connectivity index (χ4v) is 4.63. The molecule has 0 N–H and O–H groups in total. The first kappa shape index (κ1) is 17.7. The molecule has 1 aliphatic heterocycles. The van der Waals surface area contributed by atoms with Gasteiger partial charge < -0.3 is 0 Å². The molecule has 1 saturated heterocycles. The van der Waals surface area contributed by atoms with Crippen molar-refractivity contribution in [3.63, 3.8) is 0 Å². The minimum atomic E-state index is -4.27. The van der Waals surface area contributed by atoms with Gasteiger partial charge in [0.25, 0.3) is 0 Å². The van der Waals surface area contributed by atoms with E-state index in [9.17, 15) is 13.2 Å². The Bertz CT molecular complexity index is 489. The van der Waals surface area contributed by atoms with E-state index in [4.69, 9.17) is 0 Å². The molecule has 3 atom stereocenters. The average molecular weight is 331 g/mol. The minimum absolute atomic E-state index is 0.0722. The third-order valence-corrected chi connectivity index (χ3v) is 6.09. The zero-order valence-electron chi connectivity index (χ0n) is 13.4. The van der Waals surface area contributed by atoms with Crippen molar-refractivity contribution in [1.82, 2.24) is 4.90 Å². The van der Waals surface area contributed by atoms with Gasteiger partial charge in [-0.1, -0.05) is 32.0 Å². The number of hydrogen-bond donors (Lipinski definition) is 0. The van der Waals surface area contributed by atoms with Gasteiger partial charge in [-0.05, 0) is 43.4 Å². The number of alkyl halides is 3. The summed E-state index contributed by atoms with van der Waals surface area (Å²) in [5, 5.41) is 0.505. The van der Waals surface area contributed by atoms with E-state index in [1.54, 1.807) is 12.1 Å². The van der Waals surface area contributed by atoms with Crippen molar-refractivity contribution in [3.8, 4) is 0 Å². The maximum absolute atomic E-state index is 13.1. The lowest BCUT2D eigenvalue weighted by atomic mass is 9.89. The molecule has 0 radical (unpaired) electrons. The van der Waals surface area contributed by atoms with Crippen LogP contribution < -0.4 is 0 Å². The molecule has 0 bridgehead atoms. The lowest BCUT2D eigenvalue weighted by Gasteiger charge is -2.26. The van der Waals surface area contributed by atoms with Crippen molar-refractivity contribution in [1.29, 1.82) is 0 Å². The largest absolute Gasteiger partial charge is 0.416 e. The van der Waals surface area contributed by atoms with E-state index in [1.807, 2.05) is 18.7 Å². The third kappa shape index (κ3) is 4.19. The van der Waals surface area contributed by atoms with Gasteiger partial charge in [-0.2, -0.15) is 13.2 Å². The van der Waals surface area contributed by atoms with Crippen molar-refractivity contribution in [2.24, 2.45) is 5.92 Å². The zero-order valence-corrected chi connectivity index (χ0v) is 14.2. The minimum Gasteiger partial charge on any atom is -0.294 e. The first-order chi connectivity index (χ1) is 10.3. The molecule has 1 nitrogen and oxygen atoms in total. The van der Waals surface area contributed by atoms with E-state index < -0.39 is 11.7 Å². The van der Waals surface area contributed by atoms with Gasteiger partial charge in [0.1, 0.15) is 0 Å². The summed E-state index contributed by atoms with van der Waals surface area (Å²) >= 11 is 1.96. The van der Waals surface area contributed by atoms with Gasteiger partial charge in [-0.15, -0.1) is 11.8 Å². The zero-order chi connectivity index (χ0) is 16.3. The molecule has 124 valence electrons. The maximum atomic E-state index is 13.1. The fraction of sp³-hybridized carbons (Fsp3) is 0.647. The van der Waals surface area contributed by atoms with E-state index in [1.165, 1.54) is 12.1 Å². The second kappa shape index (κ2) is 7.26. The van der Waals surface area contributed by atoms with Gasteiger partial charge in [0.05, 0.1) is 10.9 Å². The highest BCUT2D eigenvalue weighted by Crippen LogP contribution is 2.38. The monoisotopic (exact) mass is 331 g/mol. The Hall–Kier alpha value is -0.680. The van der Waals surface area contributed by atoms with Crippen LogP contribution in [0.1, 0.15) is 43.7 Å². The summed E-state index contributed by atoms with van der Waals surface area (Å²) < 4.78 is 39.3. The van der Waals surface area contributed by atoms with Crippen LogP contribution in [0.4, 0.5) is 13.2 Å². The average Bonchev–Trinajstić information content (AvgIpc) is 2.89. The summed E-state index contributed by atoms with van der Waals surface area (Å²) in [7, 11) is 2.13. The Kier molecular flexibility index (Phi) is 5.83. The van der Waals surface area contributed by atoms with Crippen LogP contribution in [-0.2, 0) is 6.18 Å². The molecule has 0 aromatic heterocycles. The van der Waals surface area contributed by atoms with E-state index in [-0.39, 0.29) is 5.92 Å². The van der Waals surface area contributed by atoms with Gasteiger partial charge in [-0.25, -0.2) is 0 Å². The SMILES string of the molecule is CC(CCC(C)C1SCCN1C)c1ccccc1C(F)(F)F. The number of benzene rings is 1. The molecule has 0 spiro atoms. The molecular weight excluding hydrogens is 307 g/mol. The summed E-state index contributed by atoms with van der Waals surface area (Å²) in [6, 6.07) is 5.97. The molecule has 1 fully saturated rings. The number of halogens is 3. The summed E-state index contributed by atoms with van der Waals surface area (Å²) in [6.45, 7) is 5.22. The lowest BCUT2D eigenvalue weighted by molar-refractivity contribution is -0.138. The molecule has 0 saturated carbocycles. The van der Waals surface area contributed by atoms with Crippen molar-refractivity contribution < 1.29 is 13.2 Å². The van der Waals surface area contributed by atoms with Crippen LogP contribution in [0, 0.1) is 5.92 Å². The van der Waals surface area contributed by atoms with Gasteiger partial charge in [0.15, 0.2) is 0 Å². The molecule has 1 heterocycles. The van der Waals surface area contributed by atoms with Crippen LogP contribution in [0.3, 0.4) is 0 Å². The maximum Gasteiger partial charge on any atom is 0.416 e. The predicted octanol–water partition coefficient (Wildman–Crippen LogP) is 5.23. The number of rotatable bonds is 5. The number of nitrogens with zero attached hydrogens (tertiary/aromatic N) is 1. The summed E-state index contributed by atoms with van der Waals surface area (Å²) in [5.74, 6) is 1.58. The Balaban J connectivity index is 1.99. The molecule has 3 unspecified atom stereocenters. The predicted molar refractivity (Wildman–Crippen MR) is 87.1 cm³/mol. The Morgan fingerprint density at radius 1 is 1.23 bits per heavy atom. The quantitative estimate of drug-likeness (QED) is 0.727. The molecule has 0 amide bonds. The van der Waals surface area contributed by atoms with Gasteiger partial charge >= 0.3 is 6.18 Å². The highest BCUT2D eigenvalue weighted by atomic mass is 32.2. The standard InChI is InChI=1S/C17H24F3NS/c1-12(8-9-13(2)16-21(3)10-11-22-16)14-6-4-5-7-15(14)17(18,19)20/h4-7,12-13,16H,8-11H2,1-3H3. The van der Waals surface area contributed by atoms with Gasteiger partial charge in [0, 0.05) is 12.3 Å². The third-order valence-electron chi connectivity index (χ3n) is 4.51. The van der Waals surface area contributed by atoms with Crippen LogP contribution in [0.25, 0.3) is 0 Å². The number of hydrogen-bond acceptors (Lipinski definition) is 2. The van der Waals surface area contributed by atoms with Crippen LogP contribution in [0.15, 0.2) is 24.3 Å². The normalized spacial score (nSPS) is 22.7. The molecule has 5 heteroatoms. The Morgan fingerprint density at radius 2 is 1.91 bits per heavy atom. The molecule has 1 aliphatic rings. The van der Waals surface area contributed by atoms with Crippen LogP contribution in [0.5, 0.6) is 0 Å². The highest BCUT2D eigenvalue weighted by molar-refractivity contribution is 8.00. The van der Waals surface area contributed by atoms with E-state index in [0.717, 1.165) is 25.1 Å². The topological polar surface area (TPSA) is 3.24 Å². The van der Waals surface area contributed by atoms with Crippen molar-refractivity contribution in [3.05, 3.63) is 35.4 Å². The van der Waals surface area contributed by atoms with Crippen molar-refractivity contribution in [2.75, 3.05) is 19.3 Å². The van der Waals surface area contributed by atoms with Crippen molar-refractivity contribution >= 4 is 11.8 Å². The first-order valence-corrected chi connectivity index (χ1v) is 8.83. The first-order valence-electron chi connectivity index (χ1n) is 7.78. The molecule has 1 aromatic carbocycles. The molecule has 2 rings (SSSR count). The molecule has 1 aromatic rings. The Labute approximate surface area is 135 Å². The van der Waals surface area contributed by atoms with E-state index >= 15 is 0 Å². The second-order valence-corrected chi connectivity index (χ2v) is 7.51. The molecule has 0 aliphatic carbocycles. The molecular formula is C17H24F3NS. The van der Waals surface area contributed by atoms with E-state index in [2.05, 4.69) is 18.9 Å². The van der Waals surface area contributed by atoms with Crippen LogP contribution in [0.2, 0.25) is 0 Å². The lowest BCUT2D eigenvalue weighted by Crippen LogP contribution is -2.29. The van der Waals surface area contributed by atoms with Crippen LogP contribution in [-0.4, -0.2) is 29.6 Å². The molecule has 22 heavy (non-hydrogen) atoms. The second-order valence-electron chi connectivity index (χ2n) is 6.28. The van der Waals surface area contributed by atoms with Crippen LogP contribution >= 0.6 is 11.8 Å². The summed E-state index contributed by atoms with van der Waals surface area (Å²) in [4.78, 5) is 2.35. The van der Waals surface area contributed by atoms with Crippen molar-refractivity contribution in [2.45, 2.75) is 44.2 Å². The smallest absolute Gasteiger partial charge is 0.294 e. The fourth-order valence-electron chi connectivity index (χ4n) is 3.17. The summed E-state index contributed by atoms with van der Waals surface area (Å²) in [5.41, 5.74) is -0.0582.